The van der Waals surface area contributed by atoms with E-state index in [9.17, 15) is 9.59 Å². The van der Waals surface area contributed by atoms with Crippen LogP contribution < -0.4 is 10.6 Å². The Bertz CT molecular complexity index is 1600. The van der Waals surface area contributed by atoms with Crippen LogP contribution in [0.25, 0.3) is 11.1 Å². The first-order valence-electron chi connectivity index (χ1n) is 16.8. The molecule has 0 saturated heterocycles. The fourth-order valence-electron chi connectivity index (χ4n) is 5.69. The Labute approximate surface area is 276 Å². The molecule has 0 spiro atoms. The van der Waals surface area contributed by atoms with Crippen molar-refractivity contribution < 1.29 is 14.1 Å². The molecule has 0 unspecified atom stereocenters. The molecule has 4 aromatic carbocycles. The number of nitrogens with one attached hydrogen (secondary N) is 2. The average Bonchev–Trinajstić information content (AvgIpc) is 3.04. The Balaban J connectivity index is 1.26. The number of quaternary nitrogens is 1. The van der Waals surface area contributed by atoms with E-state index in [0.29, 0.717) is 11.1 Å². The zero-order valence-electron chi connectivity index (χ0n) is 28.7. The summed E-state index contributed by atoms with van der Waals surface area (Å²) in [4.78, 5) is 25.8. The minimum absolute atomic E-state index is 0.100. The van der Waals surface area contributed by atoms with Crippen molar-refractivity contribution >= 4 is 23.2 Å². The van der Waals surface area contributed by atoms with Crippen LogP contribution in [0.4, 0.5) is 11.4 Å². The molecule has 0 fully saturated rings. The highest BCUT2D eigenvalue weighted by atomic mass is 16.2. The van der Waals surface area contributed by atoms with Gasteiger partial charge in [-0.15, -0.1) is 0 Å². The largest absolute Gasteiger partial charge is 0.331 e. The summed E-state index contributed by atoms with van der Waals surface area (Å²) >= 11 is 0. The van der Waals surface area contributed by atoms with Crippen LogP contribution in [0.15, 0.2) is 84.9 Å². The molecular weight excluding hydrogens is 566 g/mol. The van der Waals surface area contributed by atoms with Gasteiger partial charge in [-0.05, 0) is 128 Å². The summed E-state index contributed by atoms with van der Waals surface area (Å²) in [5.74, 6) is -0.215. The van der Waals surface area contributed by atoms with Gasteiger partial charge in [0.05, 0.1) is 27.7 Å². The Morgan fingerprint density at radius 3 is 1.43 bits per heavy atom. The normalized spacial score (nSPS) is 11.3. The summed E-state index contributed by atoms with van der Waals surface area (Å²) in [6.07, 6.45) is 9.70. The predicted octanol–water partition coefficient (Wildman–Crippen LogP) is 9.63. The maximum absolute atomic E-state index is 13.0. The van der Waals surface area contributed by atoms with Crippen LogP contribution in [0.5, 0.6) is 0 Å². The van der Waals surface area contributed by atoms with Gasteiger partial charge in [0, 0.05) is 22.5 Å². The van der Waals surface area contributed by atoms with Gasteiger partial charge >= 0.3 is 0 Å². The first-order valence-corrected chi connectivity index (χ1v) is 16.8. The van der Waals surface area contributed by atoms with Crippen LogP contribution in [0, 0.1) is 13.8 Å². The summed E-state index contributed by atoms with van der Waals surface area (Å²) in [5, 5.41) is 6.13. The number of amides is 2. The van der Waals surface area contributed by atoms with Gasteiger partial charge < -0.3 is 15.1 Å². The monoisotopic (exact) mass is 618 g/mol. The zero-order valence-corrected chi connectivity index (χ0v) is 28.7. The molecule has 0 saturated carbocycles. The molecule has 4 rings (SSSR count). The quantitative estimate of drug-likeness (QED) is 0.103. The van der Waals surface area contributed by atoms with Crippen LogP contribution in [0.2, 0.25) is 0 Å². The fraction of sp³-hybridized carbons (Fsp3) is 0.366. The minimum Gasteiger partial charge on any atom is -0.331 e. The molecule has 5 nitrogen and oxygen atoms in total. The highest BCUT2D eigenvalue weighted by molar-refractivity contribution is 6.05. The van der Waals surface area contributed by atoms with Gasteiger partial charge in [-0.2, -0.15) is 0 Å². The molecule has 0 aliphatic heterocycles. The molecule has 5 heteroatoms. The van der Waals surface area contributed by atoms with E-state index in [1.807, 2.05) is 74.5 Å². The van der Waals surface area contributed by atoms with Gasteiger partial charge in [0.1, 0.15) is 0 Å². The molecule has 242 valence electrons. The van der Waals surface area contributed by atoms with Gasteiger partial charge in [0.2, 0.25) is 0 Å². The number of hydrogen-bond donors (Lipinski definition) is 2. The third-order valence-corrected chi connectivity index (χ3v) is 8.67. The summed E-state index contributed by atoms with van der Waals surface area (Å²) in [5.41, 5.74) is 9.49. The van der Waals surface area contributed by atoms with Crippen molar-refractivity contribution in [2.75, 3.05) is 38.3 Å². The maximum atomic E-state index is 13.0. The fourth-order valence-corrected chi connectivity index (χ4v) is 5.69. The molecule has 46 heavy (non-hydrogen) atoms. The number of nitrogens with zero attached hydrogens (tertiary/aromatic N) is 1. The van der Waals surface area contributed by atoms with E-state index in [2.05, 4.69) is 63.0 Å². The van der Waals surface area contributed by atoms with E-state index in [0.717, 1.165) is 51.0 Å². The number of benzene rings is 4. The van der Waals surface area contributed by atoms with E-state index < -0.39 is 0 Å². The van der Waals surface area contributed by atoms with Crippen molar-refractivity contribution in [1.29, 1.82) is 0 Å². The second-order valence-corrected chi connectivity index (χ2v) is 13.6. The first kappa shape index (κ1) is 34.6. The number of unbranched alkanes of at least 4 members (excludes halogenated alkanes) is 5. The van der Waals surface area contributed by atoms with Crippen LogP contribution >= 0.6 is 0 Å². The minimum atomic E-state index is -0.114. The molecule has 0 aliphatic carbocycles. The average molecular weight is 619 g/mol. The number of aryl methyl sites for hydroxylation is 4. The number of rotatable bonds is 15. The Kier molecular flexibility index (Phi) is 12.3. The standard InChI is InChI=1S/C41H51N3O2/c1-7-32-15-19-34(20-16-32)40(45)42-38-25-23-36(28-30(38)2)37-24-26-39(31(3)29-37)43-41(46)35-21-17-33(18-22-35)14-12-10-8-9-11-13-27-44(4,5)6/h15-26,28-29H,7-14,27H2,1-6H3,(H-,42,43,45,46)/p+1. The number of carbonyl (C=O) groups excluding carboxylic acids is 2. The molecule has 4 aromatic rings. The number of carbonyl (C=O) groups is 2. The van der Waals surface area contributed by atoms with E-state index in [1.165, 1.54) is 56.2 Å². The highest BCUT2D eigenvalue weighted by Gasteiger charge is 2.12. The molecule has 0 aliphatic rings. The highest BCUT2D eigenvalue weighted by Crippen LogP contribution is 2.29. The van der Waals surface area contributed by atoms with Crippen molar-refractivity contribution in [3.8, 4) is 11.1 Å². The first-order chi connectivity index (χ1) is 22.0. The zero-order chi connectivity index (χ0) is 33.1. The summed E-state index contributed by atoms with van der Waals surface area (Å²) in [6, 6.07) is 27.9. The molecule has 0 radical (unpaired) electrons. The third-order valence-electron chi connectivity index (χ3n) is 8.67. The van der Waals surface area contributed by atoms with E-state index in [1.54, 1.807) is 0 Å². The van der Waals surface area contributed by atoms with Crippen LogP contribution in [0.1, 0.15) is 88.4 Å². The molecular formula is C41H52N3O2+. The van der Waals surface area contributed by atoms with Crippen LogP contribution in [0.3, 0.4) is 0 Å². The lowest BCUT2D eigenvalue weighted by Gasteiger charge is -2.23. The topological polar surface area (TPSA) is 58.2 Å². The lowest BCUT2D eigenvalue weighted by molar-refractivity contribution is -0.870. The lowest BCUT2D eigenvalue weighted by Crippen LogP contribution is -2.35. The Morgan fingerprint density at radius 2 is 1.00 bits per heavy atom. The summed E-state index contributed by atoms with van der Waals surface area (Å²) < 4.78 is 1.05. The predicted molar refractivity (Wildman–Crippen MR) is 194 cm³/mol. The molecule has 0 bridgehead atoms. The van der Waals surface area contributed by atoms with Crippen LogP contribution in [-0.2, 0) is 12.8 Å². The van der Waals surface area contributed by atoms with Crippen molar-refractivity contribution in [1.82, 2.24) is 0 Å². The Hall–Kier alpha value is -4.22. The number of hydrogen-bond acceptors (Lipinski definition) is 2. The van der Waals surface area contributed by atoms with Crippen molar-refractivity contribution in [3.05, 3.63) is 118 Å². The Morgan fingerprint density at radius 1 is 0.565 bits per heavy atom. The maximum Gasteiger partial charge on any atom is 0.255 e. The van der Waals surface area contributed by atoms with Gasteiger partial charge in [-0.3, -0.25) is 9.59 Å². The number of anilines is 2. The smallest absolute Gasteiger partial charge is 0.255 e. The molecule has 0 aromatic heterocycles. The van der Waals surface area contributed by atoms with Crippen molar-refractivity contribution in [2.24, 2.45) is 0 Å². The second kappa shape index (κ2) is 16.4. The molecule has 2 amide bonds. The second-order valence-electron chi connectivity index (χ2n) is 13.6. The SMILES string of the molecule is CCc1ccc(C(=O)Nc2ccc(-c3ccc(NC(=O)c4ccc(CCCCCCCC[N+](C)(C)C)cc4)c(C)c3)cc2C)cc1. The van der Waals surface area contributed by atoms with E-state index >= 15 is 0 Å². The van der Waals surface area contributed by atoms with Gasteiger partial charge in [-0.25, -0.2) is 0 Å². The molecule has 2 N–H and O–H groups in total. The molecule has 0 atom stereocenters. The van der Waals surface area contributed by atoms with Gasteiger partial charge in [0.25, 0.3) is 11.8 Å². The van der Waals surface area contributed by atoms with Crippen molar-refractivity contribution in [3.63, 3.8) is 0 Å². The molecule has 0 heterocycles. The van der Waals surface area contributed by atoms with Crippen LogP contribution in [-0.4, -0.2) is 44.0 Å². The van der Waals surface area contributed by atoms with Gasteiger partial charge in [-0.1, -0.05) is 62.6 Å². The van der Waals surface area contributed by atoms with Crippen molar-refractivity contribution in [2.45, 2.75) is 72.1 Å². The third kappa shape index (κ3) is 10.4. The van der Waals surface area contributed by atoms with E-state index in [4.69, 9.17) is 0 Å². The van der Waals surface area contributed by atoms with E-state index in [-0.39, 0.29) is 11.8 Å². The summed E-state index contributed by atoms with van der Waals surface area (Å²) in [6.45, 7) is 7.36. The van der Waals surface area contributed by atoms with Gasteiger partial charge in [0.15, 0.2) is 0 Å². The lowest BCUT2D eigenvalue weighted by atomic mass is 9.99. The summed E-state index contributed by atoms with van der Waals surface area (Å²) in [7, 11) is 6.78.